The van der Waals surface area contributed by atoms with Crippen molar-refractivity contribution in [2.45, 2.75) is 65.9 Å². The Morgan fingerprint density at radius 2 is 1.73 bits per heavy atom. The van der Waals surface area contributed by atoms with Gasteiger partial charge in [-0.15, -0.1) is 0 Å². The second kappa shape index (κ2) is 13.5. The molecule has 4 rings (SSSR count). The molecule has 1 amide bonds. The molecule has 37 heavy (non-hydrogen) atoms. The minimum atomic E-state index is -0.496. The lowest BCUT2D eigenvalue weighted by Crippen LogP contribution is -2.50. The molecule has 0 spiro atoms. The molecule has 0 atom stereocenters. The first-order chi connectivity index (χ1) is 17.7. The Balaban J connectivity index is 0.000000356. The van der Waals surface area contributed by atoms with E-state index in [1.807, 2.05) is 27.7 Å². The van der Waals surface area contributed by atoms with E-state index in [-0.39, 0.29) is 12.0 Å². The minimum absolute atomic E-state index is 0.181. The van der Waals surface area contributed by atoms with E-state index < -0.39 is 5.60 Å². The number of nitrogens with zero attached hydrogens (tertiary/aromatic N) is 4. The van der Waals surface area contributed by atoms with Crippen LogP contribution in [0.4, 0.5) is 10.6 Å². The summed E-state index contributed by atoms with van der Waals surface area (Å²) < 4.78 is 10.9. The number of piperazine rings is 1. The predicted octanol–water partition coefficient (Wildman–Crippen LogP) is 5.28. The molecule has 8 nitrogen and oxygen atoms in total. The number of carbonyl (C=O) groups excluding carboxylic acids is 1. The van der Waals surface area contributed by atoms with Crippen molar-refractivity contribution in [3.8, 4) is 0 Å². The predicted molar refractivity (Wildman–Crippen MR) is 148 cm³/mol. The van der Waals surface area contributed by atoms with Gasteiger partial charge in [-0.05, 0) is 52.5 Å². The van der Waals surface area contributed by atoms with Gasteiger partial charge in [0.05, 0.1) is 11.3 Å². The van der Waals surface area contributed by atoms with Gasteiger partial charge in [0.1, 0.15) is 17.7 Å². The fraction of sp³-hybridized carbons (Fsp3) is 0.586. The van der Waals surface area contributed by atoms with Crippen LogP contribution in [0.25, 0.3) is 0 Å². The number of hydrogen-bond donors (Lipinski definition) is 1. The van der Waals surface area contributed by atoms with Crippen LogP contribution in [-0.2, 0) is 15.9 Å². The van der Waals surface area contributed by atoms with Crippen LogP contribution in [0.5, 0.6) is 0 Å². The van der Waals surface area contributed by atoms with E-state index in [0.29, 0.717) is 45.1 Å². The molecule has 0 unspecified atom stereocenters. The number of carbonyl (C=O) groups is 1. The van der Waals surface area contributed by atoms with Crippen molar-refractivity contribution < 1.29 is 14.3 Å². The third kappa shape index (κ3) is 8.52. The monoisotopic (exact) mass is 509 g/mol. The lowest BCUT2D eigenvalue weighted by Gasteiger charge is -2.37. The van der Waals surface area contributed by atoms with Gasteiger partial charge < -0.3 is 24.7 Å². The topological polar surface area (TPSA) is 91.6 Å². The smallest absolute Gasteiger partial charge is 0.410 e. The average Bonchev–Trinajstić information content (AvgIpc) is 2.89. The molecule has 1 aromatic heterocycles. The molecule has 202 valence electrons. The maximum absolute atomic E-state index is 12.3. The van der Waals surface area contributed by atoms with Crippen LogP contribution in [0.15, 0.2) is 36.7 Å². The normalized spacial score (nSPS) is 16.6. The highest BCUT2D eigenvalue weighted by Crippen LogP contribution is 2.28. The van der Waals surface area contributed by atoms with Crippen LogP contribution in [0, 0.1) is 18.3 Å². The van der Waals surface area contributed by atoms with Crippen LogP contribution in [0.2, 0.25) is 0 Å². The maximum Gasteiger partial charge on any atom is 0.410 e. The zero-order valence-electron chi connectivity index (χ0n) is 23.1. The molecule has 2 saturated heterocycles. The van der Waals surface area contributed by atoms with Gasteiger partial charge in [-0.1, -0.05) is 43.7 Å². The summed E-state index contributed by atoms with van der Waals surface area (Å²) in [6.07, 6.45) is 5.45. The first kappa shape index (κ1) is 28.6. The first-order valence-corrected chi connectivity index (χ1v) is 13.4. The molecule has 3 heterocycles. The molecule has 1 aromatic carbocycles. The Hall–Kier alpha value is -3.00. The van der Waals surface area contributed by atoms with Gasteiger partial charge in [-0.3, -0.25) is 0 Å². The second-order valence-electron chi connectivity index (χ2n) is 10.6. The molecule has 0 aliphatic carbocycles. The summed E-state index contributed by atoms with van der Waals surface area (Å²) in [7, 11) is 0. The number of amides is 1. The fourth-order valence-corrected chi connectivity index (χ4v) is 4.57. The van der Waals surface area contributed by atoms with Gasteiger partial charge in [0.15, 0.2) is 0 Å². The van der Waals surface area contributed by atoms with Crippen LogP contribution >= 0.6 is 0 Å². The van der Waals surface area contributed by atoms with Crippen LogP contribution in [-0.4, -0.2) is 71.7 Å². The maximum atomic E-state index is 12.3. The highest BCUT2D eigenvalue weighted by Gasteiger charge is 2.30. The molecule has 2 aromatic rings. The summed E-state index contributed by atoms with van der Waals surface area (Å²) in [4.78, 5) is 25.0. The number of rotatable bonds is 5. The molecule has 0 bridgehead atoms. The number of ether oxygens (including phenoxy) is 2. The minimum Gasteiger partial charge on any atom is -0.444 e. The zero-order chi connectivity index (χ0) is 26.8. The standard InChI is InChI=1S/C20H31N5O3.C9H12/c1-14-16(17(21)15-5-11-27-12-6-15)18(23-13-22-14)24-7-9-25(10-8-24)19(26)28-20(2,3)4;1-2-6-9-7-4-3-5-8-9/h13,15,21H,5-12H2,1-4H3;3-5,7-8H,2,6H2,1H3. The van der Waals surface area contributed by atoms with Crippen molar-refractivity contribution in [3.05, 3.63) is 53.5 Å². The van der Waals surface area contributed by atoms with Crippen molar-refractivity contribution in [1.29, 1.82) is 5.41 Å². The summed E-state index contributed by atoms with van der Waals surface area (Å²) in [6, 6.07) is 10.6. The van der Waals surface area contributed by atoms with E-state index in [1.54, 1.807) is 11.2 Å². The van der Waals surface area contributed by atoms with E-state index in [0.717, 1.165) is 29.9 Å². The molecule has 2 aliphatic heterocycles. The third-order valence-electron chi connectivity index (χ3n) is 6.53. The van der Waals surface area contributed by atoms with Crippen molar-refractivity contribution in [3.63, 3.8) is 0 Å². The number of hydrogen-bond acceptors (Lipinski definition) is 7. The number of nitrogens with one attached hydrogen (secondary N) is 1. The summed E-state index contributed by atoms with van der Waals surface area (Å²) >= 11 is 0. The van der Waals surface area contributed by atoms with Gasteiger partial charge >= 0.3 is 6.09 Å². The molecule has 2 aliphatic rings. The third-order valence-corrected chi connectivity index (χ3v) is 6.53. The summed E-state index contributed by atoms with van der Waals surface area (Å²) in [5, 5.41) is 8.78. The summed E-state index contributed by atoms with van der Waals surface area (Å²) in [6.45, 7) is 13.6. The second-order valence-corrected chi connectivity index (χ2v) is 10.6. The molecule has 2 fully saturated rings. The molecular formula is C29H43N5O3. The number of anilines is 1. The highest BCUT2D eigenvalue weighted by molar-refractivity contribution is 6.04. The van der Waals surface area contributed by atoms with Crippen molar-refractivity contribution in [2.24, 2.45) is 5.92 Å². The Morgan fingerprint density at radius 3 is 2.32 bits per heavy atom. The van der Waals surface area contributed by atoms with Gasteiger partial charge in [-0.25, -0.2) is 14.8 Å². The first-order valence-electron chi connectivity index (χ1n) is 13.4. The Kier molecular flexibility index (Phi) is 10.4. The highest BCUT2D eigenvalue weighted by atomic mass is 16.6. The Morgan fingerprint density at radius 1 is 1.08 bits per heavy atom. The van der Waals surface area contributed by atoms with Gasteiger partial charge in [-0.2, -0.15) is 0 Å². The Bertz CT molecular complexity index is 1010. The van der Waals surface area contributed by atoms with Gasteiger partial charge in [0, 0.05) is 51.0 Å². The van der Waals surface area contributed by atoms with Crippen LogP contribution < -0.4 is 4.90 Å². The summed E-state index contributed by atoms with van der Waals surface area (Å²) in [5.41, 5.74) is 3.21. The molecule has 8 heteroatoms. The SMILES string of the molecule is CCCc1ccccc1.Cc1ncnc(N2CCN(C(=O)OC(C)(C)C)CC2)c1C(=N)C1CCOCC1. The van der Waals surface area contributed by atoms with Gasteiger partial charge in [0.2, 0.25) is 0 Å². The number of aromatic nitrogens is 2. The van der Waals surface area contributed by atoms with E-state index in [4.69, 9.17) is 14.9 Å². The molecular weight excluding hydrogens is 466 g/mol. The number of benzene rings is 1. The lowest BCUT2D eigenvalue weighted by molar-refractivity contribution is 0.0240. The van der Waals surface area contributed by atoms with Gasteiger partial charge in [0.25, 0.3) is 0 Å². The fourth-order valence-electron chi connectivity index (χ4n) is 4.57. The quantitative estimate of drug-likeness (QED) is 0.552. The van der Waals surface area contributed by atoms with E-state index in [1.165, 1.54) is 18.4 Å². The zero-order valence-corrected chi connectivity index (χ0v) is 23.1. The molecule has 0 radical (unpaired) electrons. The molecule has 0 saturated carbocycles. The Labute approximate surface area is 221 Å². The van der Waals surface area contributed by atoms with Crippen LogP contribution in [0.3, 0.4) is 0 Å². The van der Waals surface area contributed by atoms with E-state index in [9.17, 15) is 4.79 Å². The summed E-state index contributed by atoms with van der Waals surface area (Å²) in [5.74, 6) is 0.980. The lowest BCUT2D eigenvalue weighted by atomic mass is 9.89. The largest absolute Gasteiger partial charge is 0.444 e. The number of aryl methyl sites for hydroxylation is 2. The average molecular weight is 510 g/mol. The van der Waals surface area contributed by atoms with Crippen molar-refractivity contribution in [1.82, 2.24) is 14.9 Å². The van der Waals surface area contributed by atoms with E-state index in [2.05, 4.69) is 52.1 Å². The van der Waals surface area contributed by atoms with Crippen LogP contribution in [0.1, 0.15) is 63.8 Å². The van der Waals surface area contributed by atoms with Crippen molar-refractivity contribution >= 4 is 17.6 Å². The van der Waals surface area contributed by atoms with E-state index >= 15 is 0 Å². The molecule has 1 N–H and O–H groups in total. The van der Waals surface area contributed by atoms with Crippen molar-refractivity contribution in [2.75, 3.05) is 44.3 Å².